The van der Waals surface area contributed by atoms with Crippen molar-refractivity contribution in [3.05, 3.63) is 29.3 Å². The van der Waals surface area contributed by atoms with Gasteiger partial charge in [-0.1, -0.05) is 26.3 Å². The molecule has 0 bridgehead atoms. The van der Waals surface area contributed by atoms with Gasteiger partial charge in [0, 0.05) is 18.8 Å². The van der Waals surface area contributed by atoms with E-state index in [0.717, 1.165) is 12.3 Å². The summed E-state index contributed by atoms with van der Waals surface area (Å²) in [6.07, 6.45) is 3.83. The first-order valence-electron chi connectivity index (χ1n) is 6.59. The van der Waals surface area contributed by atoms with Crippen LogP contribution in [0.1, 0.15) is 37.8 Å². The average Bonchev–Trinajstić information content (AvgIpc) is 2.78. The molecule has 0 N–H and O–H groups in total. The Morgan fingerprint density at radius 2 is 2.12 bits per heavy atom. The van der Waals surface area contributed by atoms with Gasteiger partial charge in [0.2, 0.25) is 0 Å². The van der Waals surface area contributed by atoms with Crippen LogP contribution in [0.3, 0.4) is 0 Å². The summed E-state index contributed by atoms with van der Waals surface area (Å²) < 4.78 is 0. The molecule has 1 nitrogen and oxygen atoms in total. The van der Waals surface area contributed by atoms with E-state index in [2.05, 4.69) is 43.9 Å². The summed E-state index contributed by atoms with van der Waals surface area (Å²) in [5.41, 5.74) is 4.35. The number of hydrogen-bond donors (Lipinski definition) is 0. The van der Waals surface area contributed by atoms with Crippen LogP contribution in [0, 0.1) is 12.8 Å². The minimum absolute atomic E-state index is 0.909. The molecule has 1 aliphatic rings. The molecule has 0 aromatic heterocycles. The van der Waals surface area contributed by atoms with Crippen molar-refractivity contribution in [2.45, 2.75) is 40.0 Å². The van der Waals surface area contributed by atoms with E-state index < -0.39 is 0 Å². The zero-order valence-electron chi connectivity index (χ0n) is 10.8. The Hall–Kier alpha value is -0.980. The van der Waals surface area contributed by atoms with Crippen molar-refractivity contribution < 1.29 is 0 Å². The van der Waals surface area contributed by atoms with Gasteiger partial charge in [0.25, 0.3) is 0 Å². The van der Waals surface area contributed by atoms with Crippen LogP contribution in [-0.4, -0.2) is 13.1 Å². The van der Waals surface area contributed by atoms with Gasteiger partial charge >= 0.3 is 0 Å². The largest absolute Gasteiger partial charge is 0.371 e. The number of aryl methyl sites for hydroxylation is 2. The molecule has 1 saturated heterocycles. The first-order valence-corrected chi connectivity index (χ1v) is 6.59. The molecule has 2 rings (SSSR count). The zero-order chi connectivity index (χ0) is 11.5. The molecule has 0 aliphatic carbocycles. The van der Waals surface area contributed by atoms with Gasteiger partial charge in [-0.15, -0.1) is 0 Å². The Morgan fingerprint density at radius 3 is 2.75 bits per heavy atom. The molecule has 0 unspecified atom stereocenters. The van der Waals surface area contributed by atoms with Crippen LogP contribution in [0.15, 0.2) is 18.2 Å². The van der Waals surface area contributed by atoms with Gasteiger partial charge in [-0.05, 0) is 48.9 Å². The molecule has 1 aromatic rings. The maximum absolute atomic E-state index is 2.55. The lowest BCUT2D eigenvalue weighted by Crippen LogP contribution is -2.19. The van der Waals surface area contributed by atoms with Crippen LogP contribution in [0.2, 0.25) is 0 Å². The summed E-state index contributed by atoms with van der Waals surface area (Å²) in [5, 5.41) is 0. The topological polar surface area (TPSA) is 3.24 Å². The summed E-state index contributed by atoms with van der Waals surface area (Å²) in [4.78, 5) is 2.55. The Labute approximate surface area is 99.5 Å². The Balaban J connectivity index is 2.15. The smallest absolute Gasteiger partial charge is 0.0369 e. The Bertz CT molecular complexity index is 356. The van der Waals surface area contributed by atoms with E-state index in [1.807, 2.05) is 0 Å². The fraction of sp³-hybridized carbons (Fsp3) is 0.600. The lowest BCUT2D eigenvalue weighted by atomic mass is 10.1. The maximum Gasteiger partial charge on any atom is 0.0369 e. The van der Waals surface area contributed by atoms with Crippen molar-refractivity contribution >= 4 is 5.69 Å². The summed E-state index contributed by atoms with van der Waals surface area (Å²) in [6, 6.07) is 6.94. The van der Waals surface area contributed by atoms with Crippen molar-refractivity contribution in [3.63, 3.8) is 0 Å². The number of hydrogen-bond acceptors (Lipinski definition) is 1. The average molecular weight is 217 g/mol. The molecule has 1 heterocycles. The van der Waals surface area contributed by atoms with Gasteiger partial charge < -0.3 is 4.90 Å². The fourth-order valence-electron chi connectivity index (χ4n) is 2.64. The Morgan fingerprint density at radius 1 is 1.31 bits per heavy atom. The first-order chi connectivity index (χ1) is 7.74. The van der Waals surface area contributed by atoms with Gasteiger partial charge in [-0.2, -0.15) is 0 Å². The van der Waals surface area contributed by atoms with E-state index in [1.165, 1.54) is 42.7 Å². The highest BCUT2D eigenvalue weighted by molar-refractivity contribution is 5.51. The van der Waals surface area contributed by atoms with Gasteiger partial charge in [-0.25, -0.2) is 0 Å². The first kappa shape index (κ1) is 11.5. The van der Waals surface area contributed by atoms with Crippen LogP contribution in [0.25, 0.3) is 0 Å². The third-order valence-corrected chi connectivity index (χ3v) is 3.94. The molecule has 88 valence electrons. The molecule has 0 radical (unpaired) electrons. The number of anilines is 1. The SMILES string of the molecule is CCc1cc(N2CC[C@H](CC)C2)ccc1C. The van der Waals surface area contributed by atoms with Crippen LogP contribution in [0.5, 0.6) is 0 Å². The second-order valence-electron chi connectivity index (χ2n) is 4.97. The maximum atomic E-state index is 2.55. The molecular weight excluding hydrogens is 194 g/mol. The van der Waals surface area contributed by atoms with E-state index in [0.29, 0.717) is 0 Å². The molecule has 1 aliphatic heterocycles. The quantitative estimate of drug-likeness (QED) is 0.744. The van der Waals surface area contributed by atoms with Crippen LogP contribution < -0.4 is 4.90 Å². The molecule has 0 amide bonds. The minimum atomic E-state index is 0.909. The second-order valence-corrected chi connectivity index (χ2v) is 4.97. The van der Waals surface area contributed by atoms with Crippen LogP contribution >= 0.6 is 0 Å². The van der Waals surface area contributed by atoms with E-state index in [-0.39, 0.29) is 0 Å². The number of benzene rings is 1. The summed E-state index contributed by atoms with van der Waals surface area (Å²) in [5.74, 6) is 0.909. The predicted octanol–water partition coefficient (Wildman–Crippen LogP) is 3.79. The highest BCUT2D eigenvalue weighted by Crippen LogP contribution is 2.27. The summed E-state index contributed by atoms with van der Waals surface area (Å²) in [7, 11) is 0. The van der Waals surface area contributed by atoms with Crippen molar-refractivity contribution in [3.8, 4) is 0 Å². The third-order valence-electron chi connectivity index (χ3n) is 3.94. The monoisotopic (exact) mass is 217 g/mol. The van der Waals surface area contributed by atoms with Crippen molar-refractivity contribution in [1.82, 2.24) is 0 Å². The van der Waals surface area contributed by atoms with Crippen molar-refractivity contribution in [2.75, 3.05) is 18.0 Å². The van der Waals surface area contributed by atoms with Crippen molar-refractivity contribution in [2.24, 2.45) is 5.92 Å². The van der Waals surface area contributed by atoms with E-state index >= 15 is 0 Å². The molecule has 1 aromatic carbocycles. The molecule has 1 atom stereocenters. The normalized spacial score (nSPS) is 20.4. The standard InChI is InChI=1S/C15H23N/c1-4-13-8-9-16(11-13)15-7-6-12(3)14(5-2)10-15/h6-7,10,13H,4-5,8-9,11H2,1-3H3/t13-/m0/s1. The molecule has 0 spiro atoms. The van der Waals surface area contributed by atoms with E-state index in [1.54, 1.807) is 0 Å². The summed E-state index contributed by atoms with van der Waals surface area (Å²) in [6.45, 7) is 9.25. The highest BCUT2D eigenvalue weighted by atomic mass is 15.1. The second kappa shape index (κ2) is 4.90. The van der Waals surface area contributed by atoms with E-state index in [4.69, 9.17) is 0 Å². The predicted molar refractivity (Wildman–Crippen MR) is 71.2 cm³/mol. The van der Waals surface area contributed by atoms with Gasteiger partial charge in [-0.3, -0.25) is 0 Å². The molecule has 1 fully saturated rings. The Kier molecular flexibility index (Phi) is 3.52. The third kappa shape index (κ3) is 2.23. The number of rotatable bonds is 3. The molecule has 0 saturated carbocycles. The van der Waals surface area contributed by atoms with Crippen LogP contribution in [-0.2, 0) is 6.42 Å². The summed E-state index contributed by atoms with van der Waals surface area (Å²) >= 11 is 0. The van der Waals surface area contributed by atoms with Crippen LogP contribution in [0.4, 0.5) is 5.69 Å². The van der Waals surface area contributed by atoms with E-state index in [9.17, 15) is 0 Å². The molecule has 16 heavy (non-hydrogen) atoms. The van der Waals surface area contributed by atoms with Crippen molar-refractivity contribution in [1.29, 1.82) is 0 Å². The van der Waals surface area contributed by atoms with Gasteiger partial charge in [0.1, 0.15) is 0 Å². The molecule has 1 heteroatoms. The number of nitrogens with zero attached hydrogens (tertiary/aromatic N) is 1. The minimum Gasteiger partial charge on any atom is -0.371 e. The highest BCUT2D eigenvalue weighted by Gasteiger charge is 2.21. The van der Waals surface area contributed by atoms with Gasteiger partial charge in [0.15, 0.2) is 0 Å². The zero-order valence-corrected chi connectivity index (χ0v) is 10.8. The van der Waals surface area contributed by atoms with Gasteiger partial charge in [0.05, 0.1) is 0 Å². The fourth-order valence-corrected chi connectivity index (χ4v) is 2.64. The lowest BCUT2D eigenvalue weighted by molar-refractivity contribution is 0.569. The lowest BCUT2D eigenvalue weighted by Gasteiger charge is -2.20. The molecular formula is C15H23N.